The molecule has 4 nitrogen and oxygen atoms in total. The molecule has 0 atom stereocenters. The Kier molecular flexibility index (Phi) is 2.80. The van der Waals surface area contributed by atoms with E-state index in [1.54, 1.807) is 6.20 Å². The molecule has 0 unspecified atom stereocenters. The second kappa shape index (κ2) is 4.46. The van der Waals surface area contributed by atoms with Crippen molar-refractivity contribution in [3.8, 4) is 5.82 Å². The van der Waals surface area contributed by atoms with Crippen LogP contribution >= 0.6 is 11.6 Å². The highest BCUT2D eigenvalue weighted by Crippen LogP contribution is 2.20. The lowest BCUT2D eigenvalue weighted by Crippen LogP contribution is -2.02. The molecule has 0 fully saturated rings. The largest absolute Gasteiger partial charge is 0.301 e. The zero-order valence-electron chi connectivity index (χ0n) is 10.0. The summed E-state index contributed by atoms with van der Waals surface area (Å²) in [6.07, 6.45) is 6.56. The Morgan fingerprint density at radius 1 is 1.28 bits per heavy atom. The third-order valence-corrected chi connectivity index (χ3v) is 3.25. The van der Waals surface area contributed by atoms with E-state index in [0.29, 0.717) is 5.88 Å². The second-order valence-corrected chi connectivity index (χ2v) is 4.28. The molecule has 0 N–H and O–H groups in total. The van der Waals surface area contributed by atoms with Gasteiger partial charge in [0.15, 0.2) is 5.82 Å². The van der Waals surface area contributed by atoms with Crippen molar-refractivity contribution in [1.29, 1.82) is 0 Å². The molecule has 0 aromatic carbocycles. The minimum atomic E-state index is 0.418. The lowest BCUT2D eigenvalue weighted by Gasteiger charge is -2.04. The molecule has 0 aliphatic rings. The maximum Gasteiger partial charge on any atom is 0.161 e. The minimum absolute atomic E-state index is 0.418. The first-order valence-electron chi connectivity index (χ1n) is 5.89. The molecule has 0 spiro atoms. The highest BCUT2D eigenvalue weighted by molar-refractivity contribution is 6.17. The molecule has 3 heterocycles. The van der Waals surface area contributed by atoms with Gasteiger partial charge in [-0.2, -0.15) is 0 Å². The second-order valence-electron chi connectivity index (χ2n) is 4.01. The maximum atomic E-state index is 6.07. The van der Waals surface area contributed by atoms with Crippen LogP contribution in [0.5, 0.6) is 0 Å². The lowest BCUT2D eigenvalue weighted by molar-refractivity contribution is 0.864. The molecular weight excluding hydrogens is 248 g/mol. The van der Waals surface area contributed by atoms with Crippen LogP contribution in [-0.4, -0.2) is 18.9 Å². The van der Waals surface area contributed by atoms with E-state index in [2.05, 4.69) is 16.9 Å². The van der Waals surface area contributed by atoms with Crippen molar-refractivity contribution in [2.75, 3.05) is 0 Å². The highest BCUT2D eigenvalue weighted by atomic mass is 35.5. The average Bonchev–Trinajstić information content (AvgIpc) is 3.01. The molecule has 92 valence electrons. The molecule has 0 radical (unpaired) electrons. The molecule has 0 aliphatic heterocycles. The Hall–Kier alpha value is -1.81. The first-order valence-corrected chi connectivity index (χ1v) is 6.43. The number of pyridine rings is 1. The molecule has 3 aromatic rings. The van der Waals surface area contributed by atoms with Gasteiger partial charge < -0.3 is 4.40 Å². The molecule has 0 aliphatic carbocycles. The Balaban J connectivity index is 2.29. The molecular formula is C13H13ClN4. The van der Waals surface area contributed by atoms with Crippen LogP contribution in [0.3, 0.4) is 0 Å². The number of imidazole rings is 2. The fourth-order valence-electron chi connectivity index (χ4n) is 2.14. The third-order valence-electron chi connectivity index (χ3n) is 3.00. The van der Waals surface area contributed by atoms with Gasteiger partial charge in [0.25, 0.3) is 0 Å². The Morgan fingerprint density at radius 3 is 2.94 bits per heavy atom. The number of aryl methyl sites for hydroxylation is 1. The SMILES string of the molecule is CCc1nccn1-c1nc2ccccn2c1CCl. The van der Waals surface area contributed by atoms with E-state index >= 15 is 0 Å². The van der Waals surface area contributed by atoms with Crippen LogP contribution < -0.4 is 0 Å². The minimum Gasteiger partial charge on any atom is -0.301 e. The summed E-state index contributed by atoms with van der Waals surface area (Å²) in [6.45, 7) is 2.08. The Morgan fingerprint density at radius 2 is 2.17 bits per heavy atom. The van der Waals surface area contributed by atoms with Gasteiger partial charge in [-0.25, -0.2) is 9.97 Å². The number of alkyl halides is 1. The fourth-order valence-corrected chi connectivity index (χ4v) is 2.39. The van der Waals surface area contributed by atoms with Crippen LogP contribution in [0.2, 0.25) is 0 Å². The van der Waals surface area contributed by atoms with E-state index in [1.165, 1.54) is 0 Å². The lowest BCUT2D eigenvalue weighted by atomic mass is 10.4. The van der Waals surface area contributed by atoms with Crippen LogP contribution in [0.1, 0.15) is 18.4 Å². The number of fused-ring (bicyclic) bond motifs is 1. The van der Waals surface area contributed by atoms with Crippen LogP contribution in [0, 0.1) is 0 Å². The summed E-state index contributed by atoms with van der Waals surface area (Å²) in [4.78, 5) is 8.96. The molecule has 3 rings (SSSR count). The molecule has 5 heteroatoms. The molecule has 0 amide bonds. The molecule has 0 bridgehead atoms. The number of hydrogen-bond donors (Lipinski definition) is 0. The summed E-state index contributed by atoms with van der Waals surface area (Å²) >= 11 is 6.07. The standard InChI is InChI=1S/C13H13ClN4/c1-2-11-15-6-8-18(11)13-10(9-14)17-7-4-3-5-12(17)16-13/h3-8H,2,9H2,1H3. The van der Waals surface area contributed by atoms with Crippen molar-refractivity contribution in [2.45, 2.75) is 19.2 Å². The molecule has 3 aromatic heterocycles. The van der Waals surface area contributed by atoms with E-state index in [1.807, 2.05) is 39.6 Å². The quantitative estimate of drug-likeness (QED) is 0.679. The first kappa shape index (κ1) is 11.3. The van der Waals surface area contributed by atoms with Gasteiger partial charge >= 0.3 is 0 Å². The Labute approximate surface area is 110 Å². The summed E-state index contributed by atoms with van der Waals surface area (Å²) in [6, 6.07) is 5.92. The zero-order valence-corrected chi connectivity index (χ0v) is 10.8. The van der Waals surface area contributed by atoms with Gasteiger partial charge in [0.05, 0.1) is 11.6 Å². The van der Waals surface area contributed by atoms with E-state index < -0.39 is 0 Å². The fraction of sp³-hybridized carbons (Fsp3) is 0.231. The number of hydrogen-bond acceptors (Lipinski definition) is 2. The van der Waals surface area contributed by atoms with Crippen molar-refractivity contribution in [3.05, 3.63) is 48.3 Å². The number of halogens is 1. The van der Waals surface area contributed by atoms with E-state index in [-0.39, 0.29) is 0 Å². The summed E-state index contributed by atoms with van der Waals surface area (Å²) in [5.41, 5.74) is 1.89. The van der Waals surface area contributed by atoms with Crippen molar-refractivity contribution in [2.24, 2.45) is 0 Å². The van der Waals surface area contributed by atoms with Crippen molar-refractivity contribution in [3.63, 3.8) is 0 Å². The topological polar surface area (TPSA) is 35.1 Å². The average molecular weight is 261 g/mol. The van der Waals surface area contributed by atoms with Crippen molar-refractivity contribution < 1.29 is 0 Å². The maximum absolute atomic E-state index is 6.07. The van der Waals surface area contributed by atoms with Gasteiger partial charge in [-0.1, -0.05) is 13.0 Å². The monoisotopic (exact) mass is 260 g/mol. The van der Waals surface area contributed by atoms with Gasteiger partial charge in [-0.3, -0.25) is 4.57 Å². The summed E-state index contributed by atoms with van der Waals surface area (Å²) < 4.78 is 4.02. The predicted octanol–water partition coefficient (Wildman–Crippen LogP) is 2.82. The van der Waals surface area contributed by atoms with E-state index in [4.69, 9.17) is 11.6 Å². The van der Waals surface area contributed by atoms with Crippen molar-refractivity contribution in [1.82, 2.24) is 18.9 Å². The van der Waals surface area contributed by atoms with Gasteiger partial charge in [-0.15, -0.1) is 11.6 Å². The number of nitrogens with zero attached hydrogens (tertiary/aromatic N) is 4. The van der Waals surface area contributed by atoms with Crippen LogP contribution in [0.25, 0.3) is 11.5 Å². The normalized spacial score (nSPS) is 11.2. The number of aromatic nitrogens is 4. The third kappa shape index (κ3) is 1.61. The molecule has 18 heavy (non-hydrogen) atoms. The van der Waals surface area contributed by atoms with Crippen LogP contribution in [0.4, 0.5) is 0 Å². The number of rotatable bonds is 3. The van der Waals surface area contributed by atoms with Gasteiger partial charge in [0.1, 0.15) is 11.5 Å². The summed E-state index contributed by atoms with van der Waals surface area (Å²) in [5, 5.41) is 0. The zero-order chi connectivity index (χ0) is 12.5. The predicted molar refractivity (Wildman–Crippen MR) is 71.2 cm³/mol. The molecule has 0 saturated heterocycles. The van der Waals surface area contributed by atoms with E-state index in [9.17, 15) is 0 Å². The van der Waals surface area contributed by atoms with Crippen LogP contribution in [-0.2, 0) is 12.3 Å². The van der Waals surface area contributed by atoms with Gasteiger partial charge in [-0.05, 0) is 12.1 Å². The van der Waals surface area contributed by atoms with Crippen molar-refractivity contribution >= 4 is 17.2 Å². The first-order chi connectivity index (χ1) is 8.85. The smallest absolute Gasteiger partial charge is 0.161 e. The highest BCUT2D eigenvalue weighted by Gasteiger charge is 2.14. The molecule has 0 saturated carbocycles. The summed E-state index contributed by atoms with van der Waals surface area (Å²) in [7, 11) is 0. The van der Waals surface area contributed by atoms with Gasteiger partial charge in [0.2, 0.25) is 0 Å². The van der Waals surface area contributed by atoms with Crippen LogP contribution in [0.15, 0.2) is 36.8 Å². The summed E-state index contributed by atoms with van der Waals surface area (Å²) in [5.74, 6) is 2.28. The van der Waals surface area contributed by atoms with Gasteiger partial charge in [0, 0.05) is 25.0 Å². The van der Waals surface area contributed by atoms with E-state index in [0.717, 1.165) is 29.4 Å². The Bertz CT molecular complexity index is 683.